The number of carbonyl (C=O) groups excluding carboxylic acids is 2. The molecule has 0 aromatic heterocycles. The van der Waals surface area contributed by atoms with Crippen molar-refractivity contribution in [1.82, 2.24) is 10.2 Å². The van der Waals surface area contributed by atoms with E-state index >= 15 is 0 Å². The number of rotatable bonds is 4. The summed E-state index contributed by atoms with van der Waals surface area (Å²) in [5.74, 6) is -0.240. The van der Waals surface area contributed by atoms with Crippen LogP contribution in [0.4, 0.5) is 4.79 Å². The van der Waals surface area contributed by atoms with Gasteiger partial charge in [-0.15, -0.1) is 0 Å². The molecular formula is C16H22N2O3. The molecule has 0 spiro atoms. The van der Waals surface area contributed by atoms with Gasteiger partial charge in [0.15, 0.2) is 0 Å². The van der Waals surface area contributed by atoms with Gasteiger partial charge in [-0.3, -0.25) is 9.69 Å². The van der Waals surface area contributed by atoms with Gasteiger partial charge in [0.2, 0.25) is 0 Å². The summed E-state index contributed by atoms with van der Waals surface area (Å²) >= 11 is 0. The maximum atomic E-state index is 12.6. The Labute approximate surface area is 125 Å². The van der Waals surface area contributed by atoms with Crippen molar-refractivity contribution in [2.75, 3.05) is 13.2 Å². The first-order valence-corrected chi connectivity index (χ1v) is 7.08. The largest absolute Gasteiger partial charge is 0.374 e. The van der Waals surface area contributed by atoms with Crippen molar-refractivity contribution in [2.45, 2.75) is 38.8 Å². The van der Waals surface area contributed by atoms with Crippen molar-refractivity contribution in [3.05, 3.63) is 35.9 Å². The molecule has 1 N–H and O–H groups in total. The Morgan fingerprint density at radius 1 is 1.19 bits per heavy atom. The second-order valence-corrected chi connectivity index (χ2v) is 6.34. The Morgan fingerprint density at radius 2 is 1.81 bits per heavy atom. The van der Waals surface area contributed by atoms with Gasteiger partial charge in [-0.1, -0.05) is 30.3 Å². The van der Waals surface area contributed by atoms with E-state index in [0.29, 0.717) is 6.61 Å². The van der Waals surface area contributed by atoms with E-state index in [-0.39, 0.29) is 24.1 Å². The maximum absolute atomic E-state index is 12.6. The molecule has 0 saturated carbocycles. The molecule has 1 fully saturated rings. The van der Waals surface area contributed by atoms with Crippen LogP contribution in [-0.2, 0) is 15.1 Å². The molecule has 1 aliphatic rings. The molecule has 5 nitrogen and oxygen atoms in total. The van der Waals surface area contributed by atoms with E-state index in [9.17, 15) is 9.59 Å². The van der Waals surface area contributed by atoms with E-state index in [2.05, 4.69) is 5.32 Å². The van der Waals surface area contributed by atoms with E-state index < -0.39 is 5.54 Å². The van der Waals surface area contributed by atoms with Gasteiger partial charge >= 0.3 is 6.03 Å². The first-order chi connectivity index (χ1) is 9.74. The Bertz CT molecular complexity index is 536. The lowest BCUT2D eigenvalue weighted by Gasteiger charge is -2.23. The molecule has 1 atom stereocenters. The van der Waals surface area contributed by atoms with Crippen LogP contribution in [0.3, 0.4) is 0 Å². The summed E-state index contributed by atoms with van der Waals surface area (Å²) in [7, 11) is 0. The fraction of sp³-hybridized carbons (Fsp3) is 0.500. The van der Waals surface area contributed by atoms with Gasteiger partial charge in [-0.2, -0.15) is 0 Å². The van der Waals surface area contributed by atoms with Crippen molar-refractivity contribution in [2.24, 2.45) is 0 Å². The fourth-order valence-corrected chi connectivity index (χ4v) is 2.31. The minimum absolute atomic E-state index is 0.240. The molecular weight excluding hydrogens is 268 g/mol. The van der Waals surface area contributed by atoms with Crippen LogP contribution in [-0.4, -0.2) is 35.6 Å². The molecule has 1 aromatic carbocycles. The molecule has 0 aliphatic carbocycles. The molecule has 1 aliphatic heterocycles. The monoisotopic (exact) mass is 290 g/mol. The summed E-state index contributed by atoms with van der Waals surface area (Å²) in [6.07, 6.45) is 0. The third-order valence-corrected chi connectivity index (χ3v) is 3.48. The predicted octanol–water partition coefficient (Wildman–Crippen LogP) is 2.27. The van der Waals surface area contributed by atoms with Crippen LogP contribution in [0.1, 0.15) is 33.3 Å². The van der Waals surface area contributed by atoms with Crippen molar-refractivity contribution < 1.29 is 14.3 Å². The van der Waals surface area contributed by atoms with Gasteiger partial charge in [-0.05, 0) is 33.3 Å². The molecule has 3 amide bonds. The first kappa shape index (κ1) is 15.5. The summed E-state index contributed by atoms with van der Waals surface area (Å²) in [5.41, 5.74) is -0.509. The highest BCUT2D eigenvalue weighted by molar-refractivity contribution is 6.07. The summed E-state index contributed by atoms with van der Waals surface area (Å²) in [4.78, 5) is 25.9. The molecule has 1 saturated heterocycles. The third-order valence-electron chi connectivity index (χ3n) is 3.48. The number of ether oxygens (including phenoxy) is 1. The summed E-state index contributed by atoms with van der Waals surface area (Å²) in [5, 5.41) is 2.78. The number of urea groups is 1. The lowest BCUT2D eigenvalue weighted by atomic mass is 9.92. The van der Waals surface area contributed by atoms with Crippen LogP contribution in [0.25, 0.3) is 0 Å². The minimum atomic E-state index is -1.000. The number of hydrogen-bond donors (Lipinski definition) is 1. The number of nitrogens with zero attached hydrogens (tertiary/aromatic N) is 1. The number of hydrogen-bond acceptors (Lipinski definition) is 3. The summed E-state index contributed by atoms with van der Waals surface area (Å²) in [6, 6.07) is 8.89. The van der Waals surface area contributed by atoms with Crippen molar-refractivity contribution in [1.29, 1.82) is 0 Å². The van der Waals surface area contributed by atoms with Gasteiger partial charge < -0.3 is 10.1 Å². The highest BCUT2D eigenvalue weighted by atomic mass is 16.5. The quantitative estimate of drug-likeness (QED) is 0.865. The topological polar surface area (TPSA) is 58.6 Å². The summed E-state index contributed by atoms with van der Waals surface area (Å²) in [6.45, 7) is 8.12. The van der Waals surface area contributed by atoms with E-state index in [4.69, 9.17) is 4.74 Å². The Morgan fingerprint density at radius 3 is 2.38 bits per heavy atom. The first-order valence-electron chi connectivity index (χ1n) is 7.08. The molecule has 21 heavy (non-hydrogen) atoms. The van der Waals surface area contributed by atoms with Gasteiger partial charge in [0.25, 0.3) is 5.91 Å². The molecule has 2 rings (SSSR count). The van der Waals surface area contributed by atoms with E-state index in [0.717, 1.165) is 5.56 Å². The third kappa shape index (κ3) is 3.24. The van der Waals surface area contributed by atoms with Crippen molar-refractivity contribution in [3.63, 3.8) is 0 Å². The van der Waals surface area contributed by atoms with Crippen molar-refractivity contribution in [3.8, 4) is 0 Å². The molecule has 0 radical (unpaired) electrons. The van der Waals surface area contributed by atoms with Crippen LogP contribution in [0.2, 0.25) is 0 Å². The van der Waals surface area contributed by atoms with Crippen LogP contribution < -0.4 is 5.32 Å². The zero-order valence-corrected chi connectivity index (χ0v) is 13.0. The zero-order valence-electron chi connectivity index (χ0n) is 13.0. The van der Waals surface area contributed by atoms with E-state index in [1.165, 1.54) is 4.90 Å². The molecule has 0 unspecified atom stereocenters. The van der Waals surface area contributed by atoms with Crippen LogP contribution in [0.15, 0.2) is 30.3 Å². The van der Waals surface area contributed by atoms with Crippen molar-refractivity contribution >= 4 is 11.9 Å². The average molecular weight is 290 g/mol. The molecule has 114 valence electrons. The maximum Gasteiger partial charge on any atom is 0.325 e. The predicted molar refractivity (Wildman–Crippen MR) is 79.7 cm³/mol. The van der Waals surface area contributed by atoms with E-state index in [1.807, 2.05) is 51.1 Å². The SMILES string of the molecule is CC(C)(C)OCCN1C(=O)N[C@](C)(c2ccccc2)C1=O. The van der Waals surface area contributed by atoms with Gasteiger partial charge in [-0.25, -0.2) is 4.79 Å². The van der Waals surface area contributed by atoms with Crippen LogP contribution >= 0.6 is 0 Å². The fourth-order valence-electron chi connectivity index (χ4n) is 2.31. The van der Waals surface area contributed by atoms with Crippen LogP contribution in [0.5, 0.6) is 0 Å². The summed E-state index contributed by atoms with van der Waals surface area (Å²) < 4.78 is 5.59. The number of benzene rings is 1. The smallest absolute Gasteiger partial charge is 0.325 e. The minimum Gasteiger partial charge on any atom is -0.374 e. The number of amides is 3. The zero-order chi connectivity index (χ0) is 15.7. The normalized spacial score (nSPS) is 22.6. The number of nitrogens with one attached hydrogen (secondary N) is 1. The van der Waals surface area contributed by atoms with Gasteiger partial charge in [0, 0.05) is 0 Å². The number of carbonyl (C=O) groups is 2. The Kier molecular flexibility index (Phi) is 4.05. The highest BCUT2D eigenvalue weighted by Crippen LogP contribution is 2.28. The molecule has 5 heteroatoms. The lowest BCUT2D eigenvalue weighted by Crippen LogP contribution is -2.41. The molecule has 0 bridgehead atoms. The van der Waals surface area contributed by atoms with Crippen LogP contribution in [0, 0.1) is 0 Å². The molecule has 1 aromatic rings. The lowest BCUT2D eigenvalue weighted by molar-refractivity contribution is -0.132. The van der Waals surface area contributed by atoms with Gasteiger partial charge in [0.1, 0.15) is 5.54 Å². The Balaban J connectivity index is 2.10. The second-order valence-electron chi connectivity index (χ2n) is 6.34. The van der Waals surface area contributed by atoms with Gasteiger partial charge in [0.05, 0.1) is 18.8 Å². The standard InChI is InChI=1S/C16H22N2O3/c1-15(2,3)21-11-10-18-13(19)16(4,17-14(18)20)12-8-6-5-7-9-12/h5-9H,10-11H2,1-4H3,(H,17,20)/t16-/m1/s1. The highest BCUT2D eigenvalue weighted by Gasteiger charge is 2.48. The average Bonchev–Trinajstić information content (AvgIpc) is 2.63. The Hall–Kier alpha value is -1.88. The van der Waals surface area contributed by atoms with E-state index in [1.54, 1.807) is 6.92 Å². The second kappa shape index (κ2) is 5.48. The number of imide groups is 1. The molecule has 1 heterocycles.